The van der Waals surface area contributed by atoms with E-state index in [1.165, 1.54) is 0 Å². The maximum atomic E-state index is 11.5. The highest BCUT2D eigenvalue weighted by Crippen LogP contribution is 1.98. The third-order valence-corrected chi connectivity index (χ3v) is 3.28. The monoisotopic (exact) mass is 275 g/mol. The molecule has 4 N–H and O–H groups in total. The molecule has 0 rings (SSSR count). The summed E-state index contributed by atoms with van der Waals surface area (Å²) >= 11 is 1.66. The van der Waals surface area contributed by atoms with Crippen LogP contribution in [0, 0.1) is 0 Å². The number of hydrogen-bond acceptors (Lipinski definition) is 4. The van der Waals surface area contributed by atoms with E-state index in [2.05, 4.69) is 10.6 Å². The first-order chi connectivity index (χ1) is 8.51. The van der Waals surface area contributed by atoms with Crippen molar-refractivity contribution in [2.75, 3.05) is 18.6 Å². The Labute approximate surface area is 114 Å². The summed E-state index contributed by atoms with van der Waals surface area (Å²) < 4.78 is 0. The van der Waals surface area contributed by atoms with Gasteiger partial charge in [0, 0.05) is 19.0 Å². The van der Waals surface area contributed by atoms with Crippen LogP contribution >= 0.6 is 11.8 Å². The van der Waals surface area contributed by atoms with Crippen molar-refractivity contribution in [1.29, 1.82) is 0 Å². The zero-order chi connectivity index (χ0) is 14.0. The van der Waals surface area contributed by atoms with Gasteiger partial charge in [0.25, 0.3) is 0 Å². The van der Waals surface area contributed by atoms with Gasteiger partial charge in [-0.1, -0.05) is 6.92 Å². The standard InChI is InChI=1S/C12H25N3O2S/c1-4-9(2)15-11(16)5-7-14-12(17)10(13)6-8-18-3/h9-10H,4-8,13H2,1-3H3,(H,14,17)(H,15,16)/t9?,10-/m0/s1. The number of amides is 2. The molecular weight excluding hydrogens is 250 g/mol. The summed E-state index contributed by atoms with van der Waals surface area (Å²) in [6.07, 6.45) is 3.83. The van der Waals surface area contributed by atoms with Crippen molar-refractivity contribution in [3.63, 3.8) is 0 Å². The molecule has 0 aromatic rings. The van der Waals surface area contributed by atoms with E-state index in [1.807, 2.05) is 20.1 Å². The number of carbonyl (C=O) groups is 2. The molecule has 0 aliphatic carbocycles. The van der Waals surface area contributed by atoms with E-state index < -0.39 is 6.04 Å². The predicted molar refractivity (Wildman–Crippen MR) is 76.5 cm³/mol. The molecule has 5 nitrogen and oxygen atoms in total. The summed E-state index contributed by atoms with van der Waals surface area (Å²) in [5, 5.41) is 5.52. The van der Waals surface area contributed by atoms with Crippen LogP contribution in [0.15, 0.2) is 0 Å². The van der Waals surface area contributed by atoms with E-state index in [0.29, 0.717) is 19.4 Å². The van der Waals surface area contributed by atoms with Crippen molar-refractivity contribution >= 4 is 23.6 Å². The quantitative estimate of drug-likeness (QED) is 0.572. The van der Waals surface area contributed by atoms with Crippen molar-refractivity contribution in [3.05, 3.63) is 0 Å². The third-order valence-electron chi connectivity index (χ3n) is 2.64. The van der Waals surface area contributed by atoms with E-state index in [4.69, 9.17) is 5.73 Å². The molecule has 0 aliphatic heterocycles. The van der Waals surface area contributed by atoms with Crippen LogP contribution < -0.4 is 16.4 Å². The van der Waals surface area contributed by atoms with Gasteiger partial charge < -0.3 is 16.4 Å². The molecule has 0 aromatic heterocycles. The first-order valence-electron chi connectivity index (χ1n) is 6.32. The van der Waals surface area contributed by atoms with Crippen LogP contribution in [0.1, 0.15) is 33.1 Å². The van der Waals surface area contributed by atoms with Crippen LogP contribution in [0.4, 0.5) is 0 Å². The average Bonchev–Trinajstić information content (AvgIpc) is 2.35. The summed E-state index contributed by atoms with van der Waals surface area (Å²) in [6, 6.07) is -0.299. The second-order valence-electron chi connectivity index (χ2n) is 4.31. The molecule has 0 aliphatic rings. The van der Waals surface area contributed by atoms with Crippen molar-refractivity contribution < 1.29 is 9.59 Å². The van der Waals surface area contributed by atoms with Gasteiger partial charge in [0.15, 0.2) is 0 Å². The molecule has 0 fully saturated rings. The predicted octanol–water partition coefficient (Wildman–Crippen LogP) is 0.488. The fourth-order valence-corrected chi connectivity index (χ4v) is 1.74. The van der Waals surface area contributed by atoms with Gasteiger partial charge in [-0.3, -0.25) is 9.59 Å². The molecule has 2 atom stereocenters. The van der Waals surface area contributed by atoms with E-state index in [9.17, 15) is 9.59 Å². The zero-order valence-electron chi connectivity index (χ0n) is 11.5. The summed E-state index contributed by atoms with van der Waals surface area (Å²) in [7, 11) is 0. The summed E-state index contributed by atoms with van der Waals surface area (Å²) in [4.78, 5) is 23.0. The molecule has 0 saturated carbocycles. The molecule has 0 spiro atoms. The van der Waals surface area contributed by atoms with Crippen LogP contribution in [-0.2, 0) is 9.59 Å². The lowest BCUT2D eigenvalue weighted by Crippen LogP contribution is -2.42. The van der Waals surface area contributed by atoms with Gasteiger partial charge in [-0.2, -0.15) is 11.8 Å². The summed E-state index contributed by atoms with van der Waals surface area (Å²) in [5.41, 5.74) is 5.70. The van der Waals surface area contributed by atoms with Crippen molar-refractivity contribution in [1.82, 2.24) is 10.6 Å². The van der Waals surface area contributed by atoms with Crippen LogP contribution in [0.25, 0.3) is 0 Å². The number of hydrogen-bond donors (Lipinski definition) is 3. The zero-order valence-corrected chi connectivity index (χ0v) is 12.3. The molecule has 106 valence electrons. The second kappa shape index (κ2) is 10.2. The number of rotatable bonds is 9. The highest BCUT2D eigenvalue weighted by Gasteiger charge is 2.12. The number of carbonyl (C=O) groups excluding carboxylic acids is 2. The van der Waals surface area contributed by atoms with Crippen molar-refractivity contribution in [2.45, 2.75) is 45.2 Å². The molecule has 2 amide bonds. The van der Waals surface area contributed by atoms with Crippen LogP contribution in [0.3, 0.4) is 0 Å². The molecule has 6 heteroatoms. The highest BCUT2D eigenvalue weighted by atomic mass is 32.2. The smallest absolute Gasteiger partial charge is 0.236 e. The lowest BCUT2D eigenvalue weighted by molar-refractivity contribution is -0.123. The van der Waals surface area contributed by atoms with Gasteiger partial charge in [0.2, 0.25) is 11.8 Å². The second-order valence-corrected chi connectivity index (χ2v) is 5.29. The van der Waals surface area contributed by atoms with Gasteiger partial charge in [-0.05, 0) is 31.8 Å². The Hall–Kier alpha value is -0.750. The molecule has 0 bridgehead atoms. The fraction of sp³-hybridized carbons (Fsp3) is 0.833. The summed E-state index contributed by atoms with van der Waals surface area (Å²) in [5.74, 6) is 0.644. The van der Waals surface area contributed by atoms with E-state index >= 15 is 0 Å². The largest absolute Gasteiger partial charge is 0.354 e. The lowest BCUT2D eigenvalue weighted by Gasteiger charge is -2.13. The maximum absolute atomic E-state index is 11.5. The first-order valence-corrected chi connectivity index (χ1v) is 7.72. The molecule has 0 radical (unpaired) electrons. The van der Waals surface area contributed by atoms with Gasteiger partial charge in [-0.25, -0.2) is 0 Å². The van der Waals surface area contributed by atoms with Crippen molar-refractivity contribution in [3.8, 4) is 0 Å². The van der Waals surface area contributed by atoms with Crippen LogP contribution in [-0.4, -0.2) is 42.5 Å². The topological polar surface area (TPSA) is 84.2 Å². The van der Waals surface area contributed by atoms with Gasteiger partial charge >= 0.3 is 0 Å². The maximum Gasteiger partial charge on any atom is 0.236 e. The Morgan fingerprint density at radius 3 is 2.61 bits per heavy atom. The SMILES string of the molecule is CCC(C)NC(=O)CCNC(=O)[C@@H](N)CCSC. The lowest BCUT2D eigenvalue weighted by atomic mass is 10.2. The number of nitrogens with two attached hydrogens (primary N) is 1. The minimum absolute atomic E-state index is 0.0395. The van der Waals surface area contributed by atoms with Gasteiger partial charge in [0.1, 0.15) is 0 Å². The Kier molecular flexibility index (Phi) is 9.77. The van der Waals surface area contributed by atoms with Crippen molar-refractivity contribution in [2.24, 2.45) is 5.73 Å². The number of thioether (sulfide) groups is 1. The Morgan fingerprint density at radius 1 is 1.39 bits per heavy atom. The molecule has 0 heterocycles. The van der Waals surface area contributed by atoms with E-state index in [1.54, 1.807) is 11.8 Å². The third kappa shape index (κ3) is 8.36. The van der Waals surface area contributed by atoms with Crippen LogP contribution in [0.2, 0.25) is 0 Å². The average molecular weight is 275 g/mol. The van der Waals surface area contributed by atoms with E-state index in [0.717, 1.165) is 12.2 Å². The molecule has 1 unspecified atom stereocenters. The van der Waals surface area contributed by atoms with Gasteiger partial charge in [-0.15, -0.1) is 0 Å². The Morgan fingerprint density at radius 2 is 2.06 bits per heavy atom. The first kappa shape index (κ1) is 17.2. The summed E-state index contributed by atoms with van der Waals surface area (Å²) in [6.45, 7) is 4.31. The fourth-order valence-electron chi connectivity index (χ4n) is 1.26. The van der Waals surface area contributed by atoms with E-state index in [-0.39, 0.29) is 17.9 Å². The van der Waals surface area contributed by atoms with Crippen LogP contribution in [0.5, 0.6) is 0 Å². The molecular formula is C12H25N3O2S. The molecule has 0 aromatic carbocycles. The minimum Gasteiger partial charge on any atom is -0.354 e. The highest BCUT2D eigenvalue weighted by molar-refractivity contribution is 7.98. The Balaban J connectivity index is 3.70. The Bertz CT molecular complexity index is 262. The van der Waals surface area contributed by atoms with Gasteiger partial charge in [0.05, 0.1) is 6.04 Å². The normalized spacial score (nSPS) is 13.8. The minimum atomic E-state index is -0.477. The molecule has 18 heavy (non-hydrogen) atoms. The molecule has 0 saturated heterocycles. The number of nitrogens with one attached hydrogen (secondary N) is 2.